The molecule has 0 radical (unpaired) electrons. The number of nitrogens with zero attached hydrogens (tertiary/aromatic N) is 3. The molecule has 14 aromatic rings. The average molecular weight is 832 g/mol. The lowest BCUT2D eigenvalue weighted by atomic mass is 9.98. The Morgan fingerprint density at radius 3 is 1.31 bits per heavy atom. The summed E-state index contributed by atoms with van der Waals surface area (Å²) in [5.74, 6) is 0. The van der Waals surface area contributed by atoms with Crippen molar-refractivity contribution in [3.05, 3.63) is 224 Å². The summed E-state index contributed by atoms with van der Waals surface area (Å²) in [5, 5.41) is 10.1. The van der Waals surface area contributed by atoms with Crippen LogP contribution in [0.2, 0.25) is 0 Å². The molecule has 0 N–H and O–H groups in total. The van der Waals surface area contributed by atoms with Crippen molar-refractivity contribution in [2.75, 3.05) is 0 Å². The van der Waals surface area contributed by atoms with E-state index in [1.165, 1.54) is 114 Å². The van der Waals surface area contributed by atoms with Gasteiger partial charge in [0.1, 0.15) is 0 Å². The van der Waals surface area contributed by atoms with Crippen LogP contribution < -0.4 is 0 Å². The van der Waals surface area contributed by atoms with E-state index in [-0.39, 0.29) is 0 Å². The summed E-state index contributed by atoms with van der Waals surface area (Å²) in [4.78, 5) is 0. The van der Waals surface area contributed by atoms with Crippen LogP contribution in [0, 0.1) is 0 Å². The normalized spacial score (nSPS) is 12.1. The lowest BCUT2D eigenvalue weighted by molar-refractivity contribution is 1.16. The van der Waals surface area contributed by atoms with Gasteiger partial charge < -0.3 is 13.7 Å². The van der Waals surface area contributed by atoms with Crippen LogP contribution >= 0.6 is 11.3 Å². The van der Waals surface area contributed by atoms with E-state index in [0.29, 0.717) is 0 Å². The molecule has 0 unspecified atom stereocenters. The van der Waals surface area contributed by atoms with Gasteiger partial charge in [0.05, 0.1) is 38.8 Å². The first-order valence-electron chi connectivity index (χ1n) is 21.9. The fourth-order valence-electron chi connectivity index (χ4n) is 10.6. The van der Waals surface area contributed by atoms with Crippen LogP contribution in [0.3, 0.4) is 0 Å². The van der Waals surface area contributed by atoms with Crippen molar-refractivity contribution in [2.24, 2.45) is 0 Å². The third-order valence-electron chi connectivity index (χ3n) is 13.4. The van der Waals surface area contributed by atoms with Gasteiger partial charge in [-0.1, -0.05) is 133 Å². The fraction of sp³-hybridized carbons (Fsp3) is 0. The Bertz CT molecular complexity index is 4140. The summed E-state index contributed by atoms with van der Waals surface area (Å²) in [7, 11) is 0. The van der Waals surface area contributed by atoms with Gasteiger partial charge >= 0.3 is 0 Å². The maximum atomic E-state index is 2.50. The molecule has 4 heterocycles. The number of hydrogen-bond donors (Lipinski definition) is 0. The fourth-order valence-corrected chi connectivity index (χ4v) is 11.7. The molecule has 3 nitrogen and oxygen atoms in total. The van der Waals surface area contributed by atoms with Crippen molar-refractivity contribution in [1.82, 2.24) is 13.7 Å². The zero-order valence-electron chi connectivity index (χ0n) is 34.6. The van der Waals surface area contributed by atoms with Gasteiger partial charge in [-0.3, -0.25) is 0 Å². The molecule has 14 rings (SSSR count). The lowest BCUT2D eigenvalue weighted by Gasteiger charge is -2.12. The van der Waals surface area contributed by atoms with Crippen molar-refractivity contribution in [1.29, 1.82) is 0 Å². The number of fused-ring (bicyclic) bond motifs is 12. The van der Waals surface area contributed by atoms with Gasteiger partial charge in [0, 0.05) is 63.9 Å². The van der Waals surface area contributed by atoms with Crippen molar-refractivity contribution in [3.8, 4) is 39.3 Å². The van der Waals surface area contributed by atoms with Crippen molar-refractivity contribution in [2.45, 2.75) is 0 Å². The third kappa shape index (κ3) is 5.15. The number of rotatable bonds is 5. The van der Waals surface area contributed by atoms with Gasteiger partial charge in [-0.2, -0.15) is 0 Å². The first-order chi connectivity index (χ1) is 31.7. The second-order valence-electron chi connectivity index (χ2n) is 16.9. The Morgan fingerprint density at radius 2 is 0.703 bits per heavy atom. The standard InChI is InChI=1S/C60H37N3S/c1-2-14-38(15-3-1)39-16-12-17-40(34-39)41-28-33-58-50(35-41)60-57(26-13-27-59(60)64-58)63-54-25-11-7-21-47(54)49-37-43(30-32-56(49)63)62-53-24-10-6-20-46(53)48-36-42(29-31-55(48)62)61-51-22-8-4-18-44(51)45-19-5-9-23-52(45)61/h1-37H. The average Bonchev–Trinajstić information content (AvgIpc) is 4.10. The molecule has 10 aromatic carbocycles. The molecule has 0 atom stereocenters. The molecular weight excluding hydrogens is 795 g/mol. The van der Waals surface area contributed by atoms with Crippen LogP contribution in [0.5, 0.6) is 0 Å². The summed E-state index contributed by atoms with van der Waals surface area (Å²) in [6.07, 6.45) is 0. The molecule has 0 saturated heterocycles. The van der Waals surface area contributed by atoms with Crippen LogP contribution in [0.25, 0.3) is 125 Å². The van der Waals surface area contributed by atoms with Crippen molar-refractivity contribution >= 4 is 96.9 Å². The van der Waals surface area contributed by atoms with Gasteiger partial charge in [0.15, 0.2) is 0 Å². The van der Waals surface area contributed by atoms with E-state index in [2.05, 4.69) is 238 Å². The molecule has 0 spiro atoms. The zero-order valence-corrected chi connectivity index (χ0v) is 35.4. The van der Waals surface area contributed by atoms with Crippen LogP contribution in [0.1, 0.15) is 0 Å². The van der Waals surface area contributed by atoms with E-state index in [1.54, 1.807) is 0 Å². The Balaban J connectivity index is 0.950. The van der Waals surface area contributed by atoms with E-state index < -0.39 is 0 Å². The molecule has 0 amide bonds. The molecule has 298 valence electrons. The summed E-state index contributed by atoms with van der Waals surface area (Å²) in [5.41, 5.74) is 15.6. The van der Waals surface area contributed by atoms with E-state index in [1.807, 2.05) is 11.3 Å². The van der Waals surface area contributed by atoms with E-state index in [4.69, 9.17) is 0 Å². The summed E-state index contributed by atoms with van der Waals surface area (Å²) < 4.78 is 9.94. The van der Waals surface area contributed by atoms with E-state index >= 15 is 0 Å². The maximum Gasteiger partial charge on any atom is 0.0555 e. The highest BCUT2D eigenvalue weighted by atomic mass is 32.1. The van der Waals surface area contributed by atoms with Crippen molar-refractivity contribution < 1.29 is 0 Å². The minimum Gasteiger partial charge on any atom is -0.309 e. The molecular formula is C60H37N3S. The number of thiophene rings is 1. The SMILES string of the molecule is c1ccc(-c2cccc(-c3ccc4sc5cccc(-n6c7ccccc7c7cc(-n8c9ccccc9c9cc(-n%10c%11ccccc%11c%11ccccc%11%10)ccc98)ccc76)c5c4c3)c2)cc1. The minimum atomic E-state index is 1.15. The third-order valence-corrected chi connectivity index (χ3v) is 14.6. The Morgan fingerprint density at radius 1 is 0.250 bits per heavy atom. The largest absolute Gasteiger partial charge is 0.309 e. The number of hydrogen-bond acceptors (Lipinski definition) is 1. The molecule has 0 aliphatic rings. The second-order valence-corrected chi connectivity index (χ2v) is 18.0. The Hall–Kier alpha value is -8.18. The van der Waals surface area contributed by atoms with Crippen LogP contribution in [0.15, 0.2) is 224 Å². The monoisotopic (exact) mass is 831 g/mol. The molecule has 4 aromatic heterocycles. The Kier molecular flexibility index (Phi) is 7.56. The predicted octanol–water partition coefficient (Wildman–Crippen LogP) is 16.7. The summed E-state index contributed by atoms with van der Waals surface area (Å²) in [6.45, 7) is 0. The molecule has 4 heteroatoms. The van der Waals surface area contributed by atoms with Gasteiger partial charge in [0.2, 0.25) is 0 Å². The van der Waals surface area contributed by atoms with Crippen molar-refractivity contribution in [3.63, 3.8) is 0 Å². The molecule has 64 heavy (non-hydrogen) atoms. The van der Waals surface area contributed by atoms with E-state index in [9.17, 15) is 0 Å². The highest BCUT2D eigenvalue weighted by Gasteiger charge is 2.20. The van der Waals surface area contributed by atoms with Crippen LogP contribution in [-0.4, -0.2) is 13.7 Å². The summed E-state index contributed by atoms with van der Waals surface area (Å²) in [6, 6.07) is 82.7. The van der Waals surface area contributed by atoms with Gasteiger partial charge in [-0.05, 0) is 113 Å². The predicted molar refractivity (Wildman–Crippen MR) is 273 cm³/mol. The van der Waals surface area contributed by atoms with Gasteiger partial charge in [-0.15, -0.1) is 11.3 Å². The minimum absolute atomic E-state index is 1.15. The highest BCUT2D eigenvalue weighted by molar-refractivity contribution is 7.25. The molecule has 0 bridgehead atoms. The first-order valence-corrected chi connectivity index (χ1v) is 22.7. The Labute approximate surface area is 372 Å². The molecule has 0 aliphatic carbocycles. The van der Waals surface area contributed by atoms with Gasteiger partial charge in [-0.25, -0.2) is 0 Å². The number of para-hydroxylation sites is 4. The van der Waals surface area contributed by atoms with Crippen LogP contribution in [-0.2, 0) is 0 Å². The van der Waals surface area contributed by atoms with Crippen LogP contribution in [0.4, 0.5) is 0 Å². The maximum absolute atomic E-state index is 2.50. The molecule has 0 fully saturated rings. The molecule has 0 saturated carbocycles. The topological polar surface area (TPSA) is 14.8 Å². The highest BCUT2D eigenvalue weighted by Crippen LogP contribution is 2.44. The number of aromatic nitrogens is 3. The molecule has 0 aliphatic heterocycles. The smallest absolute Gasteiger partial charge is 0.0555 e. The first kappa shape index (κ1) is 35.4. The quantitative estimate of drug-likeness (QED) is 0.164. The van der Waals surface area contributed by atoms with E-state index in [0.717, 1.165) is 11.4 Å². The zero-order chi connectivity index (χ0) is 41.9. The second kappa shape index (κ2) is 13.7. The lowest BCUT2D eigenvalue weighted by Crippen LogP contribution is -1.97. The number of benzene rings is 10. The van der Waals surface area contributed by atoms with Gasteiger partial charge in [0.25, 0.3) is 0 Å². The summed E-state index contributed by atoms with van der Waals surface area (Å²) >= 11 is 1.87.